The molecule has 7 nitrogen and oxygen atoms in total. The highest BCUT2D eigenvalue weighted by Gasteiger charge is 2.32. The van der Waals surface area contributed by atoms with E-state index in [4.69, 9.17) is 9.47 Å². The minimum absolute atomic E-state index is 0.198. The van der Waals surface area contributed by atoms with E-state index in [1.807, 2.05) is 26.0 Å². The number of urea groups is 1. The predicted molar refractivity (Wildman–Crippen MR) is 119 cm³/mol. The molecular formula is C23H22BrN3O4. The topological polar surface area (TPSA) is 91.7 Å². The highest BCUT2D eigenvalue weighted by atomic mass is 79.9. The lowest BCUT2D eigenvalue weighted by Crippen LogP contribution is -2.31. The first-order valence-electron chi connectivity index (χ1n) is 9.90. The molecule has 0 saturated carbocycles. The molecule has 0 unspecified atom stereocenters. The van der Waals surface area contributed by atoms with E-state index in [2.05, 4.69) is 27.3 Å². The highest BCUT2D eigenvalue weighted by molar-refractivity contribution is 9.10. The van der Waals surface area contributed by atoms with Crippen molar-refractivity contribution in [1.82, 2.24) is 10.2 Å². The van der Waals surface area contributed by atoms with Crippen molar-refractivity contribution in [3.8, 4) is 17.6 Å². The van der Waals surface area contributed by atoms with Crippen molar-refractivity contribution in [3.63, 3.8) is 0 Å². The minimum Gasteiger partial charge on any atom is -0.490 e. The normalized spacial score (nSPS) is 14.5. The lowest BCUT2D eigenvalue weighted by Gasteiger charge is -2.15. The molecule has 0 spiro atoms. The molecule has 160 valence electrons. The Hall–Kier alpha value is -3.31. The third-order valence-corrected chi connectivity index (χ3v) is 5.15. The maximum Gasteiger partial charge on any atom is 0.329 e. The standard InChI is InChI=1S/C23H22BrN3O4/c1-3-9-27-22(28)19(26-23(27)29)11-15-10-18(24)21(20(12-15)30-4-2)31-14-17-8-6-5-7-16(17)13-25/h5-8,10-12H,3-4,9,14H2,1-2H3,(H,26,29)/b19-11+. The molecule has 31 heavy (non-hydrogen) atoms. The number of hydrogen-bond acceptors (Lipinski definition) is 5. The van der Waals surface area contributed by atoms with Crippen molar-refractivity contribution in [1.29, 1.82) is 5.26 Å². The largest absolute Gasteiger partial charge is 0.490 e. The number of nitrogens with one attached hydrogen (secondary N) is 1. The molecule has 1 heterocycles. The molecule has 0 aliphatic carbocycles. The van der Waals surface area contributed by atoms with Gasteiger partial charge in [-0.3, -0.25) is 9.69 Å². The Morgan fingerprint density at radius 1 is 1.19 bits per heavy atom. The molecule has 1 aliphatic rings. The van der Waals surface area contributed by atoms with Crippen LogP contribution in [0.5, 0.6) is 11.5 Å². The van der Waals surface area contributed by atoms with Crippen molar-refractivity contribution >= 4 is 33.9 Å². The summed E-state index contributed by atoms with van der Waals surface area (Å²) >= 11 is 3.51. The lowest BCUT2D eigenvalue weighted by molar-refractivity contribution is -0.122. The van der Waals surface area contributed by atoms with Crippen molar-refractivity contribution in [2.24, 2.45) is 0 Å². The fraction of sp³-hybridized carbons (Fsp3) is 0.261. The van der Waals surface area contributed by atoms with E-state index in [-0.39, 0.29) is 18.2 Å². The van der Waals surface area contributed by atoms with Gasteiger partial charge in [0.05, 0.1) is 22.7 Å². The number of rotatable bonds is 8. The monoisotopic (exact) mass is 483 g/mol. The van der Waals surface area contributed by atoms with Gasteiger partial charge in [-0.25, -0.2) is 4.79 Å². The van der Waals surface area contributed by atoms with Crippen molar-refractivity contribution < 1.29 is 19.1 Å². The molecule has 2 aromatic carbocycles. The average molecular weight is 484 g/mol. The fourth-order valence-corrected chi connectivity index (χ4v) is 3.72. The zero-order chi connectivity index (χ0) is 22.4. The van der Waals surface area contributed by atoms with E-state index in [1.165, 1.54) is 4.90 Å². The highest BCUT2D eigenvalue weighted by Crippen LogP contribution is 2.38. The van der Waals surface area contributed by atoms with Gasteiger partial charge in [0.15, 0.2) is 11.5 Å². The molecule has 2 aromatic rings. The molecule has 3 rings (SSSR count). The van der Waals surface area contributed by atoms with Gasteiger partial charge in [0.25, 0.3) is 5.91 Å². The van der Waals surface area contributed by atoms with Crippen LogP contribution < -0.4 is 14.8 Å². The molecule has 0 atom stereocenters. The Labute approximate surface area is 189 Å². The Morgan fingerprint density at radius 2 is 1.97 bits per heavy atom. The van der Waals surface area contributed by atoms with Gasteiger partial charge in [0, 0.05) is 12.1 Å². The average Bonchev–Trinajstić information content (AvgIpc) is 3.01. The number of carbonyl (C=O) groups excluding carboxylic acids is 2. The summed E-state index contributed by atoms with van der Waals surface area (Å²) in [7, 11) is 0. The second-order valence-corrected chi connectivity index (χ2v) is 7.62. The van der Waals surface area contributed by atoms with Crippen LogP contribution >= 0.6 is 15.9 Å². The van der Waals surface area contributed by atoms with Crippen LogP contribution in [0, 0.1) is 11.3 Å². The zero-order valence-corrected chi connectivity index (χ0v) is 18.9. The number of carbonyl (C=O) groups is 2. The maximum atomic E-state index is 12.5. The summed E-state index contributed by atoms with van der Waals surface area (Å²) in [5, 5.41) is 11.9. The van der Waals surface area contributed by atoms with Crippen LogP contribution in [0.4, 0.5) is 4.79 Å². The Balaban J connectivity index is 1.88. The van der Waals surface area contributed by atoms with E-state index >= 15 is 0 Å². The summed E-state index contributed by atoms with van der Waals surface area (Å²) in [4.78, 5) is 25.7. The first-order valence-corrected chi connectivity index (χ1v) is 10.7. The number of benzene rings is 2. The van der Waals surface area contributed by atoms with Crippen molar-refractivity contribution in [2.45, 2.75) is 26.9 Å². The minimum atomic E-state index is -0.418. The van der Waals surface area contributed by atoms with Crippen molar-refractivity contribution in [2.75, 3.05) is 13.2 Å². The first kappa shape index (κ1) is 22.4. The number of halogens is 1. The lowest BCUT2D eigenvalue weighted by atomic mass is 10.1. The summed E-state index contributed by atoms with van der Waals surface area (Å²) < 4.78 is 12.3. The van der Waals surface area contributed by atoms with E-state index in [0.717, 1.165) is 5.56 Å². The van der Waals surface area contributed by atoms with Crippen molar-refractivity contribution in [3.05, 3.63) is 63.3 Å². The van der Waals surface area contributed by atoms with Gasteiger partial charge in [-0.15, -0.1) is 0 Å². The molecule has 1 aliphatic heterocycles. The van der Waals surface area contributed by atoms with E-state index in [9.17, 15) is 14.9 Å². The summed E-state index contributed by atoms with van der Waals surface area (Å²) in [5.41, 5.74) is 2.19. The van der Waals surface area contributed by atoms with E-state index in [0.29, 0.717) is 46.7 Å². The molecule has 1 saturated heterocycles. The van der Waals surface area contributed by atoms with Gasteiger partial charge >= 0.3 is 6.03 Å². The SMILES string of the molecule is CCCN1C(=O)N/C(=C/c2cc(Br)c(OCc3ccccc3C#N)c(OCC)c2)C1=O. The number of amides is 3. The van der Waals surface area contributed by atoms with Crippen LogP contribution in [0.25, 0.3) is 6.08 Å². The van der Waals surface area contributed by atoms with Crippen LogP contribution in [-0.4, -0.2) is 30.0 Å². The van der Waals surface area contributed by atoms with Crippen LogP contribution in [0.15, 0.2) is 46.6 Å². The molecule has 1 N–H and O–H groups in total. The number of nitriles is 1. The number of nitrogens with zero attached hydrogens (tertiary/aromatic N) is 2. The number of imide groups is 1. The third-order valence-electron chi connectivity index (χ3n) is 4.56. The molecule has 0 aromatic heterocycles. The number of hydrogen-bond donors (Lipinski definition) is 1. The molecule has 8 heteroatoms. The third kappa shape index (κ3) is 5.06. The summed E-state index contributed by atoms with van der Waals surface area (Å²) in [6.45, 7) is 4.74. The van der Waals surface area contributed by atoms with Gasteiger partial charge in [-0.2, -0.15) is 5.26 Å². The second kappa shape index (κ2) is 10.1. The first-order chi connectivity index (χ1) is 15.0. The molecule has 0 bridgehead atoms. The Kier molecular flexibility index (Phi) is 7.32. The number of ether oxygens (including phenoxy) is 2. The summed E-state index contributed by atoms with van der Waals surface area (Å²) in [6.07, 6.45) is 2.30. The van der Waals surface area contributed by atoms with Crippen LogP contribution in [0.1, 0.15) is 37.0 Å². The zero-order valence-electron chi connectivity index (χ0n) is 17.3. The Morgan fingerprint density at radius 3 is 2.68 bits per heavy atom. The second-order valence-electron chi connectivity index (χ2n) is 6.77. The van der Waals surface area contributed by atoms with E-state index < -0.39 is 6.03 Å². The van der Waals surface area contributed by atoms with Gasteiger partial charge in [-0.05, 0) is 59.1 Å². The van der Waals surface area contributed by atoms with Crippen LogP contribution in [0.3, 0.4) is 0 Å². The fourth-order valence-electron chi connectivity index (χ4n) is 3.14. The smallest absolute Gasteiger partial charge is 0.329 e. The molecule has 0 radical (unpaired) electrons. The van der Waals surface area contributed by atoms with E-state index in [1.54, 1.807) is 30.3 Å². The van der Waals surface area contributed by atoms with Crippen LogP contribution in [-0.2, 0) is 11.4 Å². The quantitative estimate of drug-likeness (QED) is 0.437. The maximum absolute atomic E-state index is 12.5. The van der Waals surface area contributed by atoms with Gasteiger partial charge < -0.3 is 14.8 Å². The van der Waals surface area contributed by atoms with Gasteiger partial charge in [0.2, 0.25) is 0 Å². The predicted octanol–water partition coefficient (Wildman–Crippen LogP) is 4.60. The molecule has 1 fully saturated rings. The Bertz CT molecular complexity index is 1070. The van der Waals surface area contributed by atoms with Gasteiger partial charge in [0.1, 0.15) is 12.3 Å². The summed E-state index contributed by atoms with van der Waals surface area (Å²) in [6, 6.07) is 12.5. The molecular weight excluding hydrogens is 462 g/mol. The van der Waals surface area contributed by atoms with Crippen LogP contribution in [0.2, 0.25) is 0 Å². The molecule has 3 amide bonds. The van der Waals surface area contributed by atoms with Gasteiger partial charge in [-0.1, -0.05) is 25.1 Å². The summed E-state index contributed by atoms with van der Waals surface area (Å²) in [5.74, 6) is 0.626.